The van der Waals surface area contributed by atoms with Gasteiger partial charge in [-0.2, -0.15) is 0 Å². The molecule has 0 saturated heterocycles. The molecule has 0 aromatic heterocycles. The third-order valence-electron chi connectivity index (χ3n) is 5.00. The maximum atomic E-state index is 5.91. The molecular formula is C28H27NO2. The van der Waals surface area contributed by atoms with Crippen molar-refractivity contribution in [1.82, 2.24) is 0 Å². The molecule has 0 radical (unpaired) electrons. The van der Waals surface area contributed by atoms with E-state index in [9.17, 15) is 0 Å². The largest absolute Gasteiger partial charge is 0.493 e. The second kappa shape index (κ2) is 10.9. The average molecular weight is 410 g/mol. The Bertz CT molecular complexity index is 1050. The molecule has 0 atom stereocenters. The van der Waals surface area contributed by atoms with Crippen molar-refractivity contribution < 1.29 is 9.47 Å². The zero-order chi connectivity index (χ0) is 21.1. The summed E-state index contributed by atoms with van der Waals surface area (Å²) in [7, 11) is 0. The number of hydrogen-bond donors (Lipinski definition) is 1. The highest BCUT2D eigenvalue weighted by atomic mass is 16.5. The number of nitrogens with one attached hydrogen (secondary N) is 1. The van der Waals surface area contributed by atoms with Gasteiger partial charge in [0.05, 0.1) is 6.61 Å². The molecule has 3 heteroatoms. The van der Waals surface area contributed by atoms with Crippen molar-refractivity contribution in [1.29, 1.82) is 0 Å². The SMILES string of the molecule is c1ccc(CCOc2ccc(CNc3cccc(OCc4ccccc4)c3)cc2)cc1. The predicted molar refractivity (Wildman–Crippen MR) is 127 cm³/mol. The molecule has 4 aromatic rings. The molecular weight excluding hydrogens is 382 g/mol. The van der Waals surface area contributed by atoms with Crippen molar-refractivity contribution in [2.24, 2.45) is 0 Å². The molecule has 0 unspecified atom stereocenters. The first-order valence-electron chi connectivity index (χ1n) is 10.6. The fraction of sp³-hybridized carbons (Fsp3) is 0.143. The van der Waals surface area contributed by atoms with Crippen LogP contribution in [0.3, 0.4) is 0 Å². The summed E-state index contributed by atoms with van der Waals surface area (Å²) in [5.74, 6) is 1.76. The molecule has 31 heavy (non-hydrogen) atoms. The van der Waals surface area contributed by atoms with Gasteiger partial charge in [0.2, 0.25) is 0 Å². The van der Waals surface area contributed by atoms with Gasteiger partial charge in [-0.1, -0.05) is 78.9 Å². The van der Waals surface area contributed by atoms with E-state index >= 15 is 0 Å². The normalized spacial score (nSPS) is 10.5. The number of hydrogen-bond acceptors (Lipinski definition) is 3. The summed E-state index contributed by atoms with van der Waals surface area (Å²) in [4.78, 5) is 0. The van der Waals surface area contributed by atoms with Crippen LogP contribution in [-0.2, 0) is 19.6 Å². The van der Waals surface area contributed by atoms with Gasteiger partial charge < -0.3 is 14.8 Å². The minimum absolute atomic E-state index is 0.566. The van der Waals surface area contributed by atoms with Crippen LogP contribution in [0.15, 0.2) is 109 Å². The first-order chi connectivity index (χ1) is 15.3. The Morgan fingerprint density at radius 3 is 2.00 bits per heavy atom. The first-order valence-corrected chi connectivity index (χ1v) is 10.6. The summed E-state index contributed by atoms with van der Waals surface area (Å²) in [6.45, 7) is 1.99. The number of benzene rings is 4. The fourth-order valence-corrected chi connectivity index (χ4v) is 3.28. The summed E-state index contributed by atoms with van der Waals surface area (Å²) < 4.78 is 11.8. The third-order valence-corrected chi connectivity index (χ3v) is 5.00. The minimum atomic E-state index is 0.566. The van der Waals surface area contributed by atoms with Gasteiger partial charge in [-0.25, -0.2) is 0 Å². The molecule has 0 spiro atoms. The van der Waals surface area contributed by atoms with Gasteiger partial charge in [0, 0.05) is 24.7 Å². The van der Waals surface area contributed by atoms with E-state index in [1.165, 1.54) is 11.1 Å². The molecule has 0 saturated carbocycles. The first kappa shape index (κ1) is 20.5. The Morgan fingerprint density at radius 2 is 1.26 bits per heavy atom. The standard InChI is InChI=1S/C28H27NO2/c1-3-8-23(9-4-1)18-19-30-27-16-14-24(15-17-27)21-29-26-12-7-13-28(20-26)31-22-25-10-5-2-6-11-25/h1-17,20,29H,18-19,21-22H2. The van der Waals surface area contributed by atoms with Crippen LogP contribution in [0, 0.1) is 0 Å². The van der Waals surface area contributed by atoms with Crippen LogP contribution in [0.1, 0.15) is 16.7 Å². The van der Waals surface area contributed by atoms with Crippen molar-refractivity contribution in [3.05, 3.63) is 126 Å². The van der Waals surface area contributed by atoms with Crippen LogP contribution in [0.5, 0.6) is 11.5 Å². The molecule has 3 nitrogen and oxygen atoms in total. The van der Waals surface area contributed by atoms with Crippen molar-refractivity contribution in [2.45, 2.75) is 19.6 Å². The maximum absolute atomic E-state index is 5.91. The van der Waals surface area contributed by atoms with E-state index in [4.69, 9.17) is 9.47 Å². The lowest BCUT2D eigenvalue weighted by Crippen LogP contribution is -2.02. The molecule has 0 aliphatic heterocycles. The van der Waals surface area contributed by atoms with Crippen molar-refractivity contribution in [3.63, 3.8) is 0 Å². The van der Waals surface area contributed by atoms with E-state index in [0.717, 1.165) is 35.7 Å². The Labute approximate surface area is 184 Å². The fourth-order valence-electron chi connectivity index (χ4n) is 3.28. The van der Waals surface area contributed by atoms with Crippen LogP contribution >= 0.6 is 0 Å². The van der Waals surface area contributed by atoms with Gasteiger partial charge in [-0.15, -0.1) is 0 Å². The van der Waals surface area contributed by atoms with E-state index in [2.05, 4.69) is 59.9 Å². The lowest BCUT2D eigenvalue weighted by molar-refractivity contribution is 0.306. The summed E-state index contributed by atoms with van der Waals surface area (Å²) >= 11 is 0. The Morgan fingerprint density at radius 1 is 0.548 bits per heavy atom. The lowest BCUT2D eigenvalue weighted by Gasteiger charge is -2.11. The van der Waals surface area contributed by atoms with Gasteiger partial charge in [0.15, 0.2) is 0 Å². The summed E-state index contributed by atoms with van der Waals surface area (Å²) in [5.41, 5.74) is 4.69. The summed E-state index contributed by atoms with van der Waals surface area (Å²) in [6, 6.07) is 36.9. The van der Waals surface area contributed by atoms with Crippen LogP contribution in [-0.4, -0.2) is 6.61 Å². The molecule has 0 bridgehead atoms. The van der Waals surface area contributed by atoms with E-state index < -0.39 is 0 Å². The number of rotatable bonds is 10. The van der Waals surface area contributed by atoms with Gasteiger partial charge >= 0.3 is 0 Å². The number of ether oxygens (including phenoxy) is 2. The molecule has 0 fully saturated rings. The van der Waals surface area contributed by atoms with Gasteiger partial charge in [0.25, 0.3) is 0 Å². The zero-order valence-corrected chi connectivity index (χ0v) is 17.5. The van der Waals surface area contributed by atoms with E-state index in [1.807, 2.05) is 54.6 Å². The number of anilines is 1. The molecule has 156 valence electrons. The van der Waals surface area contributed by atoms with Crippen LogP contribution in [0.4, 0.5) is 5.69 Å². The highest BCUT2D eigenvalue weighted by Crippen LogP contribution is 2.20. The second-order valence-corrected chi connectivity index (χ2v) is 7.38. The molecule has 1 N–H and O–H groups in total. The lowest BCUT2D eigenvalue weighted by atomic mass is 10.2. The molecule has 4 aromatic carbocycles. The van der Waals surface area contributed by atoms with Gasteiger partial charge in [-0.05, 0) is 41.0 Å². The quantitative estimate of drug-likeness (QED) is 0.324. The molecule has 0 heterocycles. The van der Waals surface area contributed by atoms with Gasteiger partial charge in [0.1, 0.15) is 18.1 Å². The molecule has 0 aliphatic carbocycles. The minimum Gasteiger partial charge on any atom is -0.493 e. The van der Waals surface area contributed by atoms with Crippen LogP contribution < -0.4 is 14.8 Å². The van der Waals surface area contributed by atoms with Crippen molar-refractivity contribution >= 4 is 5.69 Å². The van der Waals surface area contributed by atoms with Gasteiger partial charge in [-0.3, -0.25) is 0 Å². The highest BCUT2D eigenvalue weighted by Gasteiger charge is 2.00. The topological polar surface area (TPSA) is 30.5 Å². The average Bonchev–Trinajstić information content (AvgIpc) is 2.84. The third kappa shape index (κ3) is 6.65. The van der Waals surface area contributed by atoms with E-state index in [0.29, 0.717) is 13.2 Å². The second-order valence-electron chi connectivity index (χ2n) is 7.38. The van der Waals surface area contributed by atoms with Crippen LogP contribution in [0.25, 0.3) is 0 Å². The predicted octanol–water partition coefficient (Wildman–Crippen LogP) is 6.50. The van der Waals surface area contributed by atoms with E-state index in [-0.39, 0.29) is 0 Å². The Hall–Kier alpha value is -3.72. The summed E-state index contributed by atoms with van der Waals surface area (Å²) in [6.07, 6.45) is 0.910. The summed E-state index contributed by atoms with van der Waals surface area (Å²) in [5, 5.41) is 3.46. The van der Waals surface area contributed by atoms with Crippen molar-refractivity contribution in [2.75, 3.05) is 11.9 Å². The maximum Gasteiger partial charge on any atom is 0.121 e. The van der Waals surface area contributed by atoms with Crippen molar-refractivity contribution in [3.8, 4) is 11.5 Å². The zero-order valence-electron chi connectivity index (χ0n) is 17.5. The molecule has 4 rings (SSSR count). The van der Waals surface area contributed by atoms with Crippen LogP contribution in [0.2, 0.25) is 0 Å². The molecule has 0 aliphatic rings. The Balaban J connectivity index is 1.23. The smallest absolute Gasteiger partial charge is 0.121 e. The highest BCUT2D eigenvalue weighted by molar-refractivity contribution is 5.48. The van der Waals surface area contributed by atoms with E-state index in [1.54, 1.807) is 0 Å². The molecule has 0 amide bonds. The Kier molecular flexibility index (Phi) is 7.22. The monoisotopic (exact) mass is 409 g/mol.